The minimum atomic E-state index is 0.0353. The minimum absolute atomic E-state index is 0.0353. The molecule has 0 bridgehead atoms. The number of rotatable bonds is 0. The maximum atomic E-state index is 11.2. The summed E-state index contributed by atoms with van der Waals surface area (Å²) >= 11 is 3.38. The monoisotopic (exact) mass is 237 g/mol. The highest BCUT2D eigenvalue weighted by atomic mass is 79.9. The van der Waals surface area contributed by atoms with E-state index in [1.165, 1.54) is 0 Å². The number of aromatic nitrogens is 1. The number of carbonyl (C=O) groups excluding carboxylic acids is 1. The first-order valence-corrected chi connectivity index (χ1v) is 4.75. The van der Waals surface area contributed by atoms with E-state index in [-0.39, 0.29) is 5.91 Å². The van der Waals surface area contributed by atoms with Gasteiger partial charge in [0.2, 0.25) is 5.91 Å². The van der Waals surface area contributed by atoms with Gasteiger partial charge in [0.1, 0.15) is 0 Å². The van der Waals surface area contributed by atoms with Crippen LogP contribution in [0.1, 0.15) is 11.7 Å². The third kappa shape index (κ3) is 1.40. The predicted octanol–water partition coefficient (Wildman–Crippen LogP) is 3.06. The summed E-state index contributed by atoms with van der Waals surface area (Å²) in [5.41, 5.74) is 0.946. The summed E-state index contributed by atoms with van der Waals surface area (Å²) in [6.45, 7) is 1.56. The zero-order valence-corrected chi connectivity index (χ0v) is 8.71. The molecule has 0 fully saturated rings. The average Bonchev–Trinajstić information content (AvgIpc) is 2.46. The molecule has 0 saturated carbocycles. The van der Waals surface area contributed by atoms with Gasteiger partial charge in [0.05, 0.1) is 5.52 Å². The molecule has 0 aliphatic carbocycles. The summed E-state index contributed by atoms with van der Waals surface area (Å²) in [7, 11) is 0. The van der Waals surface area contributed by atoms with Crippen LogP contribution in [-0.2, 0) is 0 Å². The van der Waals surface area contributed by atoms with E-state index in [1.54, 1.807) is 17.7 Å². The molecule has 0 amide bonds. The van der Waals surface area contributed by atoms with Crippen molar-refractivity contribution in [3.05, 3.63) is 34.9 Å². The lowest BCUT2D eigenvalue weighted by atomic mass is 10.2. The zero-order chi connectivity index (χ0) is 9.42. The molecule has 0 aliphatic heterocycles. The van der Waals surface area contributed by atoms with E-state index in [9.17, 15) is 4.79 Å². The van der Waals surface area contributed by atoms with Gasteiger partial charge in [-0.3, -0.25) is 9.36 Å². The van der Waals surface area contributed by atoms with E-state index in [1.807, 2.05) is 24.3 Å². The lowest BCUT2D eigenvalue weighted by molar-refractivity contribution is 0.0941. The Labute approximate surface area is 84.3 Å². The van der Waals surface area contributed by atoms with Gasteiger partial charge in [-0.2, -0.15) is 0 Å². The Bertz CT molecular complexity index is 473. The smallest absolute Gasteiger partial charge is 0.227 e. The molecule has 0 saturated heterocycles. The number of nitrogens with zero attached hydrogens (tertiary/aromatic N) is 1. The van der Waals surface area contributed by atoms with E-state index in [0.29, 0.717) is 0 Å². The van der Waals surface area contributed by atoms with Crippen molar-refractivity contribution < 1.29 is 4.79 Å². The summed E-state index contributed by atoms with van der Waals surface area (Å²) in [6, 6.07) is 7.82. The topological polar surface area (TPSA) is 22.0 Å². The predicted molar refractivity (Wildman–Crippen MR) is 55.9 cm³/mol. The molecule has 0 N–H and O–H groups in total. The first kappa shape index (κ1) is 8.51. The molecule has 13 heavy (non-hydrogen) atoms. The Morgan fingerprint density at radius 3 is 2.85 bits per heavy atom. The molecular weight excluding hydrogens is 230 g/mol. The minimum Gasteiger partial charge on any atom is -0.287 e. The van der Waals surface area contributed by atoms with Crippen molar-refractivity contribution in [1.82, 2.24) is 4.57 Å². The van der Waals surface area contributed by atoms with E-state index < -0.39 is 0 Å². The summed E-state index contributed by atoms with van der Waals surface area (Å²) in [5, 5.41) is 1.08. The average molecular weight is 238 g/mol. The number of carbonyl (C=O) groups is 1. The van der Waals surface area contributed by atoms with Crippen molar-refractivity contribution in [1.29, 1.82) is 0 Å². The molecule has 0 aliphatic rings. The summed E-state index contributed by atoms with van der Waals surface area (Å²) in [4.78, 5) is 11.2. The molecule has 1 aromatic heterocycles. The highest BCUT2D eigenvalue weighted by Crippen LogP contribution is 2.20. The molecule has 2 rings (SSSR count). The molecule has 2 aromatic rings. The van der Waals surface area contributed by atoms with Crippen LogP contribution < -0.4 is 0 Å². The van der Waals surface area contributed by atoms with E-state index in [0.717, 1.165) is 15.4 Å². The highest BCUT2D eigenvalue weighted by molar-refractivity contribution is 9.10. The molecule has 0 atom stereocenters. The Morgan fingerprint density at radius 1 is 1.38 bits per heavy atom. The number of hydrogen-bond acceptors (Lipinski definition) is 1. The number of halogens is 1. The van der Waals surface area contributed by atoms with Crippen molar-refractivity contribution >= 4 is 32.7 Å². The molecule has 66 valence electrons. The molecular formula is C10H8BrNO. The second-order valence-electron chi connectivity index (χ2n) is 2.91. The van der Waals surface area contributed by atoms with Crippen LogP contribution in [0, 0.1) is 0 Å². The second kappa shape index (κ2) is 3.00. The quantitative estimate of drug-likeness (QED) is 0.691. The van der Waals surface area contributed by atoms with E-state index in [4.69, 9.17) is 0 Å². The van der Waals surface area contributed by atoms with Crippen molar-refractivity contribution in [2.24, 2.45) is 0 Å². The Balaban J connectivity index is 2.79. The van der Waals surface area contributed by atoms with Crippen LogP contribution in [0.4, 0.5) is 0 Å². The van der Waals surface area contributed by atoms with Crippen LogP contribution in [-0.4, -0.2) is 10.5 Å². The molecule has 0 unspecified atom stereocenters. The van der Waals surface area contributed by atoms with Gasteiger partial charge in [-0.25, -0.2) is 0 Å². The second-order valence-corrected chi connectivity index (χ2v) is 3.82. The number of fused-ring (bicyclic) bond motifs is 1. The largest absolute Gasteiger partial charge is 0.287 e. The van der Waals surface area contributed by atoms with Gasteiger partial charge in [0.25, 0.3) is 0 Å². The van der Waals surface area contributed by atoms with Crippen LogP contribution in [0.25, 0.3) is 10.9 Å². The maximum absolute atomic E-state index is 11.2. The first-order chi connectivity index (χ1) is 6.18. The zero-order valence-electron chi connectivity index (χ0n) is 7.12. The molecule has 3 heteroatoms. The van der Waals surface area contributed by atoms with Crippen molar-refractivity contribution in [2.75, 3.05) is 0 Å². The third-order valence-electron chi connectivity index (χ3n) is 1.99. The van der Waals surface area contributed by atoms with Crippen LogP contribution in [0.3, 0.4) is 0 Å². The Kier molecular flexibility index (Phi) is 1.96. The van der Waals surface area contributed by atoms with Crippen LogP contribution >= 0.6 is 15.9 Å². The standard InChI is InChI=1S/C10H8BrNO/c1-7(13)12-5-4-8-2-3-9(11)6-10(8)12/h2-6H,1H3. The van der Waals surface area contributed by atoms with E-state index in [2.05, 4.69) is 15.9 Å². The molecule has 0 spiro atoms. The lowest BCUT2D eigenvalue weighted by Gasteiger charge is -1.98. The fourth-order valence-corrected chi connectivity index (χ4v) is 1.73. The molecule has 0 radical (unpaired) electrons. The lowest BCUT2D eigenvalue weighted by Crippen LogP contribution is -2.02. The van der Waals surface area contributed by atoms with Gasteiger partial charge >= 0.3 is 0 Å². The SMILES string of the molecule is CC(=O)n1ccc2ccc(Br)cc21. The summed E-state index contributed by atoms with van der Waals surface area (Å²) in [6.07, 6.45) is 1.79. The van der Waals surface area contributed by atoms with Crippen molar-refractivity contribution in [2.45, 2.75) is 6.92 Å². The normalized spacial score (nSPS) is 10.6. The fourth-order valence-electron chi connectivity index (χ4n) is 1.38. The Hall–Kier alpha value is -1.09. The van der Waals surface area contributed by atoms with Gasteiger partial charge in [-0.05, 0) is 18.2 Å². The molecule has 1 aromatic carbocycles. The van der Waals surface area contributed by atoms with Gasteiger partial charge in [0, 0.05) is 23.0 Å². The van der Waals surface area contributed by atoms with Crippen LogP contribution in [0.2, 0.25) is 0 Å². The third-order valence-corrected chi connectivity index (χ3v) is 2.49. The van der Waals surface area contributed by atoms with Gasteiger partial charge < -0.3 is 0 Å². The summed E-state index contributed by atoms with van der Waals surface area (Å²) < 4.78 is 2.63. The van der Waals surface area contributed by atoms with Crippen LogP contribution in [0.5, 0.6) is 0 Å². The van der Waals surface area contributed by atoms with Gasteiger partial charge in [-0.1, -0.05) is 22.0 Å². The number of hydrogen-bond donors (Lipinski definition) is 0. The fraction of sp³-hybridized carbons (Fsp3) is 0.100. The summed E-state index contributed by atoms with van der Waals surface area (Å²) in [5.74, 6) is 0.0353. The van der Waals surface area contributed by atoms with E-state index >= 15 is 0 Å². The van der Waals surface area contributed by atoms with Crippen LogP contribution in [0.15, 0.2) is 34.9 Å². The Morgan fingerprint density at radius 2 is 2.15 bits per heavy atom. The van der Waals surface area contributed by atoms with Gasteiger partial charge in [-0.15, -0.1) is 0 Å². The first-order valence-electron chi connectivity index (χ1n) is 3.96. The van der Waals surface area contributed by atoms with Gasteiger partial charge in [0.15, 0.2) is 0 Å². The van der Waals surface area contributed by atoms with Crippen molar-refractivity contribution in [3.63, 3.8) is 0 Å². The maximum Gasteiger partial charge on any atom is 0.227 e. The van der Waals surface area contributed by atoms with Crippen molar-refractivity contribution in [3.8, 4) is 0 Å². The number of benzene rings is 1. The molecule has 2 nitrogen and oxygen atoms in total. The molecule has 1 heterocycles. The highest BCUT2D eigenvalue weighted by Gasteiger charge is 2.03.